The molecule has 214 valence electrons. The minimum absolute atomic E-state index is 0.0268. The van der Waals surface area contributed by atoms with Gasteiger partial charge in [-0.25, -0.2) is 18.4 Å². The van der Waals surface area contributed by atoms with Gasteiger partial charge in [0.2, 0.25) is 0 Å². The van der Waals surface area contributed by atoms with Crippen molar-refractivity contribution in [3.8, 4) is 0 Å². The highest BCUT2D eigenvalue weighted by Gasteiger charge is 2.41. The van der Waals surface area contributed by atoms with Crippen molar-refractivity contribution in [1.82, 2.24) is 24.5 Å². The van der Waals surface area contributed by atoms with Crippen molar-refractivity contribution in [3.63, 3.8) is 0 Å². The van der Waals surface area contributed by atoms with E-state index in [2.05, 4.69) is 53.0 Å². The minimum Gasteiger partial charge on any atom is -0.381 e. The van der Waals surface area contributed by atoms with Crippen LogP contribution in [0.15, 0.2) is 55.2 Å². The number of fused-ring (bicyclic) bond motifs is 1. The van der Waals surface area contributed by atoms with Crippen LogP contribution >= 0.6 is 0 Å². The second kappa shape index (κ2) is 11.3. The van der Waals surface area contributed by atoms with E-state index in [4.69, 9.17) is 0 Å². The zero-order valence-corrected chi connectivity index (χ0v) is 23.9. The molecular formula is C31H40F2N6O. The molecule has 0 unspecified atom stereocenters. The highest BCUT2D eigenvalue weighted by Crippen LogP contribution is 2.38. The molecule has 0 radical (unpaired) electrons. The fourth-order valence-electron chi connectivity index (χ4n) is 6.11. The molecule has 0 amide bonds. The van der Waals surface area contributed by atoms with Gasteiger partial charge in [-0.15, -0.1) is 0 Å². The van der Waals surface area contributed by atoms with E-state index in [9.17, 15) is 9.50 Å². The predicted molar refractivity (Wildman–Crippen MR) is 153 cm³/mol. The quantitative estimate of drug-likeness (QED) is 0.258. The summed E-state index contributed by atoms with van der Waals surface area (Å²) in [5.74, 6) is -0.831. The van der Waals surface area contributed by atoms with E-state index in [-0.39, 0.29) is 17.5 Å². The Morgan fingerprint density at radius 3 is 2.50 bits per heavy atom. The number of rotatable bonds is 9. The number of benzene rings is 2. The molecule has 1 aliphatic rings. The fraction of sp³-hybridized carbons (Fsp3) is 0.516. The molecule has 0 spiro atoms. The molecule has 1 fully saturated rings. The molecule has 5 rings (SSSR count). The van der Waals surface area contributed by atoms with Gasteiger partial charge in [0, 0.05) is 35.8 Å². The van der Waals surface area contributed by atoms with Gasteiger partial charge in [-0.2, -0.15) is 10.2 Å². The second-order valence-corrected chi connectivity index (χ2v) is 12.6. The first-order chi connectivity index (χ1) is 19.0. The van der Waals surface area contributed by atoms with Crippen molar-refractivity contribution >= 4 is 16.6 Å². The van der Waals surface area contributed by atoms with Gasteiger partial charge in [-0.05, 0) is 55.4 Å². The van der Waals surface area contributed by atoms with Gasteiger partial charge in [0.1, 0.15) is 29.9 Å². The average Bonchev–Trinajstić information content (AvgIpc) is 3.57. The standard InChI is InChI=1S/C31H40F2N6O/c1-22(31(40,19-38-21-34-20-36-38)27-12-10-25(32)15-28(27)33)39-29-13-11-26(14-24(29)16-35-39)37(18-30(2,3)4)17-23-8-6-5-7-9-23/h10-16,20-23,40H,5-9,17-19H2,1-4H3/t22-,31-/m1/s1. The van der Waals surface area contributed by atoms with Gasteiger partial charge in [0.05, 0.1) is 24.3 Å². The topological polar surface area (TPSA) is 72.0 Å². The summed E-state index contributed by atoms with van der Waals surface area (Å²) in [6.45, 7) is 10.5. The smallest absolute Gasteiger partial charge is 0.137 e. The van der Waals surface area contributed by atoms with Crippen LogP contribution in [0.5, 0.6) is 0 Å². The zero-order valence-electron chi connectivity index (χ0n) is 23.9. The monoisotopic (exact) mass is 550 g/mol. The Bertz CT molecular complexity index is 1420. The normalized spacial score (nSPS) is 17.2. The van der Waals surface area contributed by atoms with E-state index in [0.29, 0.717) is 5.92 Å². The molecule has 9 heteroatoms. The molecule has 0 bridgehead atoms. The highest BCUT2D eigenvalue weighted by atomic mass is 19.1. The van der Waals surface area contributed by atoms with Crippen LogP contribution < -0.4 is 4.90 Å². The number of aromatic nitrogens is 5. The Morgan fingerprint density at radius 2 is 1.82 bits per heavy atom. The number of nitrogens with zero attached hydrogens (tertiary/aromatic N) is 6. The number of hydrogen-bond acceptors (Lipinski definition) is 5. The minimum atomic E-state index is -1.79. The number of anilines is 1. The summed E-state index contributed by atoms with van der Waals surface area (Å²) in [6.07, 6.45) is 11.1. The Kier molecular flexibility index (Phi) is 7.95. The van der Waals surface area contributed by atoms with E-state index in [0.717, 1.165) is 41.8 Å². The van der Waals surface area contributed by atoms with Gasteiger partial charge in [0.25, 0.3) is 0 Å². The maximum absolute atomic E-state index is 15.1. The molecule has 1 aliphatic carbocycles. The molecule has 1 saturated carbocycles. The van der Waals surface area contributed by atoms with E-state index >= 15 is 4.39 Å². The lowest BCUT2D eigenvalue weighted by Crippen LogP contribution is -2.41. The summed E-state index contributed by atoms with van der Waals surface area (Å²) in [7, 11) is 0. The third-order valence-electron chi connectivity index (χ3n) is 8.14. The summed E-state index contributed by atoms with van der Waals surface area (Å²) < 4.78 is 32.0. The molecule has 0 saturated heterocycles. The average molecular weight is 551 g/mol. The molecule has 2 atom stereocenters. The van der Waals surface area contributed by atoms with Crippen LogP contribution in [0, 0.1) is 23.0 Å². The van der Waals surface area contributed by atoms with Gasteiger partial charge in [-0.1, -0.05) is 46.1 Å². The third kappa shape index (κ3) is 6.04. The van der Waals surface area contributed by atoms with Gasteiger partial charge < -0.3 is 10.0 Å². The lowest BCUT2D eigenvalue weighted by atomic mass is 9.86. The van der Waals surface area contributed by atoms with Crippen LogP contribution in [0.4, 0.5) is 14.5 Å². The lowest BCUT2D eigenvalue weighted by Gasteiger charge is -2.36. The zero-order chi connectivity index (χ0) is 28.5. The molecular weight excluding hydrogens is 510 g/mol. The van der Waals surface area contributed by atoms with Gasteiger partial charge in [0.15, 0.2) is 0 Å². The van der Waals surface area contributed by atoms with Crippen molar-refractivity contribution in [3.05, 3.63) is 72.4 Å². The predicted octanol–water partition coefficient (Wildman–Crippen LogP) is 6.49. The van der Waals surface area contributed by atoms with Crippen molar-refractivity contribution in [2.75, 3.05) is 18.0 Å². The number of hydrogen-bond donors (Lipinski definition) is 1. The Hall–Kier alpha value is -3.33. The first-order valence-electron chi connectivity index (χ1n) is 14.3. The second-order valence-electron chi connectivity index (χ2n) is 12.6. The van der Waals surface area contributed by atoms with E-state index in [1.165, 1.54) is 55.5 Å². The summed E-state index contributed by atoms with van der Waals surface area (Å²) in [4.78, 5) is 6.47. The number of halogens is 2. The molecule has 2 heterocycles. The Labute approximate surface area is 234 Å². The molecule has 0 aliphatic heterocycles. The molecule has 7 nitrogen and oxygen atoms in total. The van der Waals surface area contributed by atoms with Crippen molar-refractivity contribution in [2.45, 2.75) is 78.0 Å². The van der Waals surface area contributed by atoms with Crippen molar-refractivity contribution in [1.29, 1.82) is 0 Å². The van der Waals surface area contributed by atoms with Gasteiger partial charge in [-0.3, -0.25) is 4.68 Å². The Balaban J connectivity index is 1.50. The molecule has 4 aromatic rings. The number of aliphatic hydroxyl groups is 1. The maximum Gasteiger partial charge on any atom is 0.137 e. The van der Waals surface area contributed by atoms with Crippen LogP contribution in [0.2, 0.25) is 0 Å². The van der Waals surface area contributed by atoms with Crippen LogP contribution in [0.25, 0.3) is 10.9 Å². The molecule has 40 heavy (non-hydrogen) atoms. The van der Waals surface area contributed by atoms with Crippen LogP contribution in [-0.4, -0.2) is 42.7 Å². The van der Waals surface area contributed by atoms with E-state index in [1.807, 2.05) is 6.07 Å². The van der Waals surface area contributed by atoms with Gasteiger partial charge >= 0.3 is 0 Å². The SMILES string of the molecule is C[C@@H](n1ncc2cc(N(CC3CCCCC3)CC(C)(C)C)ccc21)[C@](O)(Cn1cncn1)c1ccc(F)cc1F. The molecule has 2 aromatic heterocycles. The van der Waals surface area contributed by atoms with E-state index < -0.39 is 23.3 Å². The summed E-state index contributed by atoms with van der Waals surface area (Å²) in [5.41, 5.74) is 0.301. The summed E-state index contributed by atoms with van der Waals surface area (Å²) in [6, 6.07) is 8.83. The van der Waals surface area contributed by atoms with E-state index in [1.54, 1.807) is 17.8 Å². The lowest BCUT2D eigenvalue weighted by molar-refractivity contribution is -0.0354. The van der Waals surface area contributed by atoms with Crippen LogP contribution in [0.1, 0.15) is 71.4 Å². The Morgan fingerprint density at radius 1 is 1.05 bits per heavy atom. The maximum atomic E-state index is 15.1. The summed E-state index contributed by atoms with van der Waals surface area (Å²) >= 11 is 0. The first-order valence-corrected chi connectivity index (χ1v) is 14.3. The van der Waals surface area contributed by atoms with Crippen molar-refractivity contribution in [2.24, 2.45) is 11.3 Å². The first kappa shape index (κ1) is 28.2. The van der Waals surface area contributed by atoms with Crippen LogP contribution in [0.3, 0.4) is 0 Å². The third-order valence-corrected chi connectivity index (χ3v) is 8.14. The molecule has 1 N–H and O–H groups in total. The highest BCUT2D eigenvalue weighted by molar-refractivity contribution is 5.83. The largest absolute Gasteiger partial charge is 0.381 e. The fourth-order valence-corrected chi connectivity index (χ4v) is 6.11. The van der Waals surface area contributed by atoms with Crippen molar-refractivity contribution < 1.29 is 13.9 Å². The summed E-state index contributed by atoms with van der Waals surface area (Å²) in [5, 5.41) is 21.8. The van der Waals surface area contributed by atoms with Crippen LogP contribution in [-0.2, 0) is 12.1 Å². The molecule has 2 aromatic carbocycles.